The lowest BCUT2D eigenvalue weighted by atomic mass is 10.1. The van der Waals surface area contributed by atoms with Crippen LogP contribution in [0.2, 0.25) is 0 Å². The zero-order chi connectivity index (χ0) is 17.2. The highest BCUT2D eigenvalue weighted by molar-refractivity contribution is 6.15. The lowest BCUT2D eigenvalue weighted by Crippen LogP contribution is -2.35. The highest BCUT2D eigenvalue weighted by atomic mass is 35.5. The number of aromatic nitrogens is 2. The van der Waals surface area contributed by atoms with Crippen LogP contribution >= 0.6 is 12.4 Å². The summed E-state index contributed by atoms with van der Waals surface area (Å²) in [6, 6.07) is 13.8. The normalized spacial score (nSPS) is 15.3. The quantitative estimate of drug-likeness (QED) is 0.622. The number of aliphatic imine (C=N–C) groups is 1. The standard InChI is InChI=1S/C19H17N5O.ClH/c1-12(15-11-21-17-14(15)8-5-9-20-17)16-18(25)24-19(23-16)22-10-13-6-3-2-4-7-13;/h2-9,11H,10H2,1H3,(H,20,21)(H2,22,23,24,25);1H. The fourth-order valence-electron chi connectivity index (χ4n) is 2.87. The highest BCUT2D eigenvalue weighted by Crippen LogP contribution is 2.27. The molecule has 7 heteroatoms. The lowest BCUT2D eigenvalue weighted by Gasteiger charge is -2.04. The Bertz CT molecular complexity index is 1010. The van der Waals surface area contributed by atoms with Crippen LogP contribution in [-0.4, -0.2) is 21.8 Å². The number of carbonyl (C=O) groups excluding carboxylic acids is 1. The predicted octanol–water partition coefficient (Wildman–Crippen LogP) is 2.99. The molecule has 0 aliphatic carbocycles. The van der Waals surface area contributed by atoms with Gasteiger partial charge in [-0.05, 0) is 30.2 Å². The molecule has 0 bridgehead atoms. The molecule has 0 spiro atoms. The van der Waals surface area contributed by atoms with Gasteiger partial charge in [0.1, 0.15) is 11.3 Å². The Morgan fingerprint density at radius 2 is 1.96 bits per heavy atom. The van der Waals surface area contributed by atoms with E-state index in [1.807, 2.05) is 55.6 Å². The first-order valence-corrected chi connectivity index (χ1v) is 8.03. The summed E-state index contributed by atoms with van der Waals surface area (Å²) in [7, 11) is 0. The molecule has 132 valence electrons. The van der Waals surface area contributed by atoms with Gasteiger partial charge in [-0.1, -0.05) is 30.3 Å². The third kappa shape index (κ3) is 3.32. The zero-order valence-corrected chi connectivity index (χ0v) is 14.9. The summed E-state index contributed by atoms with van der Waals surface area (Å²) in [6.07, 6.45) is 3.59. The van der Waals surface area contributed by atoms with Crippen molar-refractivity contribution in [2.75, 3.05) is 0 Å². The molecule has 2 aromatic heterocycles. The van der Waals surface area contributed by atoms with Crippen molar-refractivity contribution in [2.45, 2.75) is 13.5 Å². The number of rotatable bonds is 3. The summed E-state index contributed by atoms with van der Waals surface area (Å²) in [5.74, 6) is 0.271. The topological polar surface area (TPSA) is 82.2 Å². The number of nitrogens with one attached hydrogen (secondary N) is 3. The maximum Gasteiger partial charge on any atom is 0.276 e. The molecule has 1 aromatic carbocycles. The highest BCUT2D eigenvalue weighted by Gasteiger charge is 2.23. The number of allylic oxidation sites excluding steroid dienone is 1. The second kappa shape index (κ2) is 7.41. The molecule has 1 amide bonds. The number of H-pyrrole nitrogens is 1. The van der Waals surface area contributed by atoms with Crippen molar-refractivity contribution >= 4 is 40.9 Å². The van der Waals surface area contributed by atoms with E-state index in [4.69, 9.17) is 0 Å². The molecule has 0 unspecified atom stereocenters. The van der Waals surface area contributed by atoms with Gasteiger partial charge < -0.3 is 10.3 Å². The third-order valence-electron chi connectivity index (χ3n) is 4.18. The summed E-state index contributed by atoms with van der Waals surface area (Å²) in [6.45, 7) is 2.50. The van der Waals surface area contributed by atoms with Crippen molar-refractivity contribution < 1.29 is 4.79 Å². The van der Waals surface area contributed by atoms with E-state index < -0.39 is 0 Å². The molecule has 26 heavy (non-hydrogen) atoms. The van der Waals surface area contributed by atoms with E-state index >= 15 is 0 Å². The van der Waals surface area contributed by atoms with Crippen molar-refractivity contribution in [3.05, 3.63) is 71.7 Å². The second-order valence-corrected chi connectivity index (χ2v) is 5.83. The molecule has 3 N–H and O–H groups in total. The Labute approximate surface area is 156 Å². The van der Waals surface area contributed by atoms with E-state index in [1.165, 1.54) is 0 Å². The maximum absolute atomic E-state index is 12.3. The van der Waals surface area contributed by atoms with Crippen LogP contribution in [0, 0.1) is 0 Å². The van der Waals surface area contributed by atoms with Crippen molar-refractivity contribution in [1.82, 2.24) is 20.6 Å². The fraction of sp³-hybridized carbons (Fsp3) is 0.105. The molecular formula is C19H18ClN5O. The van der Waals surface area contributed by atoms with E-state index in [0.717, 1.165) is 27.7 Å². The molecule has 0 fully saturated rings. The van der Waals surface area contributed by atoms with Gasteiger partial charge in [-0.2, -0.15) is 0 Å². The first-order valence-electron chi connectivity index (χ1n) is 8.03. The van der Waals surface area contributed by atoms with E-state index in [-0.39, 0.29) is 18.3 Å². The van der Waals surface area contributed by atoms with Gasteiger partial charge >= 0.3 is 0 Å². The van der Waals surface area contributed by atoms with Crippen LogP contribution in [0.15, 0.2) is 65.5 Å². The number of hydrogen-bond donors (Lipinski definition) is 3. The Morgan fingerprint density at radius 1 is 1.15 bits per heavy atom. The van der Waals surface area contributed by atoms with Gasteiger partial charge in [0.2, 0.25) is 5.96 Å². The molecule has 1 aliphatic heterocycles. The number of nitrogens with zero attached hydrogens (tertiary/aromatic N) is 2. The SMILES string of the molecule is CC(=C1N=C(NCc2ccccc2)NC1=O)c1c[nH]c2ncccc12.Cl. The number of halogens is 1. The smallest absolute Gasteiger partial charge is 0.276 e. The Kier molecular flexibility index (Phi) is 5.04. The monoisotopic (exact) mass is 367 g/mol. The molecule has 4 rings (SSSR count). The van der Waals surface area contributed by atoms with Crippen molar-refractivity contribution in [2.24, 2.45) is 4.99 Å². The van der Waals surface area contributed by atoms with Crippen molar-refractivity contribution in [3.8, 4) is 0 Å². The summed E-state index contributed by atoms with van der Waals surface area (Å²) in [5.41, 5.74) is 4.08. The van der Waals surface area contributed by atoms with Crippen LogP contribution in [-0.2, 0) is 11.3 Å². The zero-order valence-electron chi connectivity index (χ0n) is 14.1. The minimum absolute atomic E-state index is 0. The number of fused-ring (bicyclic) bond motifs is 1. The Balaban J connectivity index is 0.00000196. The van der Waals surface area contributed by atoms with Gasteiger partial charge in [0.25, 0.3) is 5.91 Å². The van der Waals surface area contributed by atoms with Gasteiger partial charge in [0.15, 0.2) is 0 Å². The molecule has 3 heterocycles. The minimum Gasteiger partial charge on any atom is -0.352 e. The molecule has 0 atom stereocenters. The van der Waals surface area contributed by atoms with Crippen LogP contribution in [0.3, 0.4) is 0 Å². The van der Waals surface area contributed by atoms with Gasteiger partial charge in [-0.25, -0.2) is 9.98 Å². The molecule has 0 radical (unpaired) electrons. The minimum atomic E-state index is -0.202. The fourth-order valence-corrected chi connectivity index (χ4v) is 2.87. The van der Waals surface area contributed by atoms with Crippen molar-refractivity contribution in [1.29, 1.82) is 0 Å². The number of guanidine groups is 1. The first kappa shape index (κ1) is 17.7. The van der Waals surface area contributed by atoms with Crippen molar-refractivity contribution in [3.63, 3.8) is 0 Å². The Morgan fingerprint density at radius 3 is 2.77 bits per heavy atom. The Hall–Kier alpha value is -3.12. The predicted molar refractivity (Wildman–Crippen MR) is 105 cm³/mol. The van der Waals surface area contributed by atoms with E-state index in [1.54, 1.807) is 6.20 Å². The number of pyridine rings is 1. The molecule has 3 aromatic rings. The maximum atomic E-state index is 12.3. The molecule has 1 aliphatic rings. The van der Waals surface area contributed by atoms with Gasteiger partial charge in [0.05, 0.1) is 0 Å². The average Bonchev–Trinajstić information content (AvgIpc) is 3.24. The summed E-state index contributed by atoms with van der Waals surface area (Å²) in [5, 5.41) is 6.91. The molecular weight excluding hydrogens is 350 g/mol. The molecule has 0 saturated carbocycles. The summed E-state index contributed by atoms with van der Waals surface area (Å²) in [4.78, 5) is 24.2. The summed E-state index contributed by atoms with van der Waals surface area (Å²) < 4.78 is 0. The number of hydrogen-bond acceptors (Lipinski definition) is 4. The molecule has 6 nitrogen and oxygen atoms in total. The number of benzene rings is 1. The largest absolute Gasteiger partial charge is 0.352 e. The van der Waals surface area contributed by atoms with Crippen LogP contribution in [0.4, 0.5) is 0 Å². The number of amides is 1. The molecule has 0 saturated heterocycles. The van der Waals surface area contributed by atoms with Crippen LogP contribution in [0.5, 0.6) is 0 Å². The average molecular weight is 368 g/mol. The van der Waals surface area contributed by atoms with E-state index in [0.29, 0.717) is 18.2 Å². The number of carbonyl (C=O) groups is 1. The lowest BCUT2D eigenvalue weighted by molar-refractivity contribution is -0.115. The van der Waals surface area contributed by atoms with Gasteiger partial charge in [-0.3, -0.25) is 10.1 Å². The van der Waals surface area contributed by atoms with Gasteiger partial charge in [-0.15, -0.1) is 12.4 Å². The summed E-state index contributed by atoms with van der Waals surface area (Å²) >= 11 is 0. The van der Waals surface area contributed by atoms with E-state index in [9.17, 15) is 4.79 Å². The third-order valence-corrected chi connectivity index (χ3v) is 4.18. The van der Waals surface area contributed by atoms with Crippen LogP contribution < -0.4 is 10.6 Å². The second-order valence-electron chi connectivity index (χ2n) is 5.83. The van der Waals surface area contributed by atoms with Crippen LogP contribution in [0.25, 0.3) is 16.6 Å². The first-order chi connectivity index (χ1) is 12.2. The van der Waals surface area contributed by atoms with E-state index in [2.05, 4.69) is 25.6 Å². The van der Waals surface area contributed by atoms with Gasteiger partial charge in [0, 0.05) is 29.9 Å². The van der Waals surface area contributed by atoms with Crippen LogP contribution in [0.1, 0.15) is 18.1 Å². The number of aromatic amines is 1.